The first kappa shape index (κ1) is 9.05. The van der Waals surface area contributed by atoms with Gasteiger partial charge in [0.1, 0.15) is 0 Å². The highest BCUT2D eigenvalue weighted by Crippen LogP contribution is 2.34. The van der Waals surface area contributed by atoms with Crippen LogP contribution in [-0.4, -0.2) is 5.54 Å². The van der Waals surface area contributed by atoms with Crippen LogP contribution in [0.3, 0.4) is 0 Å². The van der Waals surface area contributed by atoms with E-state index in [4.69, 9.17) is 5.73 Å². The molecule has 1 fully saturated rings. The van der Waals surface area contributed by atoms with Crippen molar-refractivity contribution in [3.05, 3.63) is 0 Å². The normalized spacial score (nSPS) is 39.0. The topological polar surface area (TPSA) is 26.0 Å². The molecule has 0 aromatic carbocycles. The summed E-state index contributed by atoms with van der Waals surface area (Å²) in [5, 5.41) is 0. The summed E-state index contributed by atoms with van der Waals surface area (Å²) in [6.07, 6.45) is 7.75. The van der Waals surface area contributed by atoms with Crippen molar-refractivity contribution in [3.8, 4) is 0 Å². The Morgan fingerprint density at radius 2 is 2.18 bits per heavy atom. The zero-order valence-corrected chi connectivity index (χ0v) is 7.90. The lowest BCUT2D eigenvalue weighted by Crippen LogP contribution is -2.43. The van der Waals surface area contributed by atoms with Gasteiger partial charge in [0.15, 0.2) is 0 Å². The average molecular weight is 155 g/mol. The molecule has 0 saturated heterocycles. The van der Waals surface area contributed by atoms with E-state index in [1.807, 2.05) is 0 Å². The zero-order valence-electron chi connectivity index (χ0n) is 7.90. The second-order valence-corrected chi connectivity index (χ2v) is 4.09. The zero-order chi connectivity index (χ0) is 8.32. The fraction of sp³-hybridized carbons (Fsp3) is 1.00. The van der Waals surface area contributed by atoms with Gasteiger partial charge in [-0.3, -0.25) is 0 Å². The molecule has 1 saturated carbocycles. The minimum Gasteiger partial charge on any atom is -0.325 e. The van der Waals surface area contributed by atoms with Gasteiger partial charge in [-0.05, 0) is 25.2 Å². The highest BCUT2D eigenvalue weighted by molar-refractivity contribution is 4.88. The molecule has 0 aromatic rings. The third-order valence-electron chi connectivity index (χ3n) is 3.26. The van der Waals surface area contributed by atoms with E-state index in [1.54, 1.807) is 0 Å². The van der Waals surface area contributed by atoms with E-state index in [9.17, 15) is 0 Å². The molecule has 1 aliphatic rings. The number of hydrogen-bond donors (Lipinski definition) is 1. The molecule has 11 heavy (non-hydrogen) atoms. The largest absolute Gasteiger partial charge is 0.325 e. The first-order valence-corrected chi connectivity index (χ1v) is 4.99. The van der Waals surface area contributed by atoms with E-state index in [2.05, 4.69) is 13.8 Å². The lowest BCUT2D eigenvalue weighted by atomic mass is 9.74. The second-order valence-electron chi connectivity index (χ2n) is 4.09. The van der Waals surface area contributed by atoms with Gasteiger partial charge in [0, 0.05) is 5.54 Å². The molecule has 2 N–H and O–H groups in total. The molecule has 1 nitrogen and oxygen atoms in total. The lowest BCUT2D eigenvalue weighted by molar-refractivity contribution is 0.214. The van der Waals surface area contributed by atoms with Crippen LogP contribution in [0.5, 0.6) is 0 Å². The number of hydrogen-bond acceptors (Lipinski definition) is 1. The summed E-state index contributed by atoms with van der Waals surface area (Å²) in [5.41, 5.74) is 6.42. The van der Waals surface area contributed by atoms with Crippen LogP contribution < -0.4 is 5.73 Å². The molecule has 0 aliphatic heterocycles. The van der Waals surface area contributed by atoms with Crippen LogP contribution in [0, 0.1) is 5.92 Å². The molecular weight excluding hydrogens is 134 g/mol. The van der Waals surface area contributed by atoms with Crippen LogP contribution in [0.25, 0.3) is 0 Å². The van der Waals surface area contributed by atoms with Crippen LogP contribution in [0.2, 0.25) is 0 Å². The first-order valence-electron chi connectivity index (χ1n) is 4.99. The van der Waals surface area contributed by atoms with Gasteiger partial charge in [-0.15, -0.1) is 0 Å². The van der Waals surface area contributed by atoms with E-state index < -0.39 is 0 Å². The SMILES string of the molecule is CCC1CCCC(N)(CC)C1. The van der Waals surface area contributed by atoms with Gasteiger partial charge in [-0.25, -0.2) is 0 Å². The molecule has 0 aromatic heterocycles. The predicted molar refractivity (Wildman–Crippen MR) is 49.5 cm³/mol. The van der Waals surface area contributed by atoms with Gasteiger partial charge in [0.05, 0.1) is 0 Å². The van der Waals surface area contributed by atoms with Gasteiger partial charge < -0.3 is 5.73 Å². The minimum atomic E-state index is 0.193. The molecule has 66 valence electrons. The Morgan fingerprint density at radius 3 is 2.73 bits per heavy atom. The Morgan fingerprint density at radius 1 is 1.45 bits per heavy atom. The third-order valence-corrected chi connectivity index (χ3v) is 3.26. The lowest BCUT2D eigenvalue weighted by Gasteiger charge is -2.37. The molecular formula is C10H21N. The summed E-state index contributed by atoms with van der Waals surface area (Å²) in [6, 6.07) is 0. The summed E-state index contributed by atoms with van der Waals surface area (Å²) in [6.45, 7) is 4.50. The molecule has 1 aliphatic carbocycles. The van der Waals surface area contributed by atoms with E-state index in [1.165, 1.54) is 32.1 Å². The van der Waals surface area contributed by atoms with Crippen molar-refractivity contribution in [3.63, 3.8) is 0 Å². The van der Waals surface area contributed by atoms with E-state index >= 15 is 0 Å². The van der Waals surface area contributed by atoms with Crippen molar-refractivity contribution >= 4 is 0 Å². The quantitative estimate of drug-likeness (QED) is 0.652. The number of rotatable bonds is 2. The Balaban J connectivity index is 2.44. The van der Waals surface area contributed by atoms with Crippen LogP contribution in [0.4, 0.5) is 0 Å². The van der Waals surface area contributed by atoms with Crippen molar-refractivity contribution in [2.45, 2.75) is 57.9 Å². The molecule has 0 heterocycles. The minimum absolute atomic E-state index is 0.193. The first-order chi connectivity index (χ1) is 5.20. The number of nitrogens with two attached hydrogens (primary N) is 1. The van der Waals surface area contributed by atoms with Crippen molar-refractivity contribution < 1.29 is 0 Å². The monoisotopic (exact) mass is 155 g/mol. The van der Waals surface area contributed by atoms with Crippen LogP contribution in [0.15, 0.2) is 0 Å². The highest BCUT2D eigenvalue weighted by atomic mass is 14.7. The van der Waals surface area contributed by atoms with Gasteiger partial charge in [-0.1, -0.05) is 33.1 Å². The van der Waals surface area contributed by atoms with Gasteiger partial charge in [0.25, 0.3) is 0 Å². The molecule has 0 amide bonds. The molecule has 1 heteroatoms. The van der Waals surface area contributed by atoms with Crippen LogP contribution in [0.1, 0.15) is 52.4 Å². The van der Waals surface area contributed by atoms with Gasteiger partial charge in [-0.2, -0.15) is 0 Å². The fourth-order valence-electron chi connectivity index (χ4n) is 2.19. The summed E-state index contributed by atoms with van der Waals surface area (Å²) in [5.74, 6) is 0.911. The summed E-state index contributed by atoms with van der Waals surface area (Å²) in [7, 11) is 0. The molecule has 2 unspecified atom stereocenters. The summed E-state index contributed by atoms with van der Waals surface area (Å²) >= 11 is 0. The third kappa shape index (κ3) is 2.19. The maximum atomic E-state index is 6.22. The molecule has 1 rings (SSSR count). The Kier molecular flexibility index (Phi) is 2.94. The van der Waals surface area contributed by atoms with Crippen LogP contribution >= 0.6 is 0 Å². The van der Waals surface area contributed by atoms with Crippen molar-refractivity contribution in [1.82, 2.24) is 0 Å². The van der Waals surface area contributed by atoms with Crippen molar-refractivity contribution in [1.29, 1.82) is 0 Å². The van der Waals surface area contributed by atoms with Crippen LogP contribution in [-0.2, 0) is 0 Å². The van der Waals surface area contributed by atoms with E-state index in [0.717, 1.165) is 12.3 Å². The van der Waals surface area contributed by atoms with E-state index in [0.29, 0.717) is 0 Å². The second kappa shape index (κ2) is 3.57. The molecule has 0 spiro atoms. The Labute approximate surface area is 70.4 Å². The summed E-state index contributed by atoms with van der Waals surface area (Å²) < 4.78 is 0. The standard InChI is InChI=1S/C10H21N/c1-3-9-6-5-7-10(11,4-2)8-9/h9H,3-8,11H2,1-2H3. The fourth-order valence-corrected chi connectivity index (χ4v) is 2.19. The Bertz CT molecular complexity index is 122. The van der Waals surface area contributed by atoms with E-state index in [-0.39, 0.29) is 5.54 Å². The van der Waals surface area contributed by atoms with Crippen molar-refractivity contribution in [2.24, 2.45) is 11.7 Å². The molecule has 0 bridgehead atoms. The Hall–Kier alpha value is -0.0400. The molecule has 2 atom stereocenters. The van der Waals surface area contributed by atoms with Gasteiger partial charge in [0.2, 0.25) is 0 Å². The highest BCUT2D eigenvalue weighted by Gasteiger charge is 2.29. The smallest absolute Gasteiger partial charge is 0.0154 e. The average Bonchev–Trinajstić information content (AvgIpc) is 2.05. The maximum absolute atomic E-state index is 6.22. The van der Waals surface area contributed by atoms with Crippen molar-refractivity contribution in [2.75, 3.05) is 0 Å². The summed E-state index contributed by atoms with van der Waals surface area (Å²) in [4.78, 5) is 0. The molecule has 0 radical (unpaired) electrons. The van der Waals surface area contributed by atoms with Gasteiger partial charge >= 0.3 is 0 Å². The maximum Gasteiger partial charge on any atom is 0.0154 e. The predicted octanol–water partition coefficient (Wildman–Crippen LogP) is 2.69.